The lowest BCUT2D eigenvalue weighted by molar-refractivity contribution is -0.137. The second-order valence-electron chi connectivity index (χ2n) is 6.84. The number of fused-ring (bicyclic) bond motifs is 1. The Morgan fingerprint density at radius 3 is 2.47 bits per heavy atom. The van der Waals surface area contributed by atoms with Crippen molar-refractivity contribution in [2.45, 2.75) is 12.7 Å². The van der Waals surface area contributed by atoms with Crippen LogP contribution in [0.25, 0.3) is 10.9 Å². The molecule has 0 saturated carbocycles. The van der Waals surface area contributed by atoms with E-state index >= 15 is 0 Å². The number of rotatable bonds is 4. The molecule has 0 saturated heterocycles. The van der Waals surface area contributed by atoms with Gasteiger partial charge < -0.3 is 11.1 Å². The summed E-state index contributed by atoms with van der Waals surface area (Å²) in [5.74, 6) is -0.288. The molecular weight excluding hydrogens is 393 g/mol. The van der Waals surface area contributed by atoms with Gasteiger partial charge in [0.2, 0.25) is 0 Å². The Morgan fingerprint density at radius 1 is 1.03 bits per heavy atom. The van der Waals surface area contributed by atoms with Gasteiger partial charge in [-0.2, -0.15) is 18.3 Å². The number of para-hydroxylation sites is 2. The zero-order chi connectivity index (χ0) is 21.3. The molecule has 0 bridgehead atoms. The molecule has 0 aliphatic rings. The van der Waals surface area contributed by atoms with E-state index in [1.807, 2.05) is 0 Å². The first-order chi connectivity index (χ1) is 14.3. The zero-order valence-corrected chi connectivity index (χ0v) is 15.6. The van der Waals surface area contributed by atoms with Crippen molar-refractivity contribution in [2.75, 3.05) is 11.1 Å². The summed E-state index contributed by atoms with van der Waals surface area (Å²) in [6.45, 7) is 0.365. The van der Waals surface area contributed by atoms with Gasteiger partial charge in [0.1, 0.15) is 0 Å². The van der Waals surface area contributed by atoms with Gasteiger partial charge in [0.15, 0.2) is 0 Å². The number of hydrogen-bond acceptors (Lipinski definition) is 3. The molecule has 0 unspecified atom stereocenters. The summed E-state index contributed by atoms with van der Waals surface area (Å²) in [7, 11) is 0. The highest BCUT2D eigenvalue weighted by molar-refractivity contribution is 6.05. The number of carbonyl (C=O) groups is 1. The average molecular weight is 410 g/mol. The fourth-order valence-corrected chi connectivity index (χ4v) is 3.09. The SMILES string of the molecule is Nc1ccccc1NC(=O)c1ccc(Cn2cc3cc(C(F)(F)F)ccc3n2)cc1. The van der Waals surface area contributed by atoms with Crippen molar-refractivity contribution in [3.05, 3.63) is 89.6 Å². The Kier molecular flexibility index (Phi) is 4.91. The van der Waals surface area contributed by atoms with E-state index in [1.54, 1.807) is 59.4 Å². The molecule has 1 aromatic heterocycles. The normalized spacial score (nSPS) is 11.6. The number of alkyl halides is 3. The number of halogens is 3. The smallest absolute Gasteiger partial charge is 0.397 e. The lowest BCUT2D eigenvalue weighted by atomic mass is 10.1. The van der Waals surface area contributed by atoms with Crippen molar-refractivity contribution in [3.8, 4) is 0 Å². The highest BCUT2D eigenvalue weighted by Crippen LogP contribution is 2.31. The maximum absolute atomic E-state index is 12.9. The number of hydrogen-bond donors (Lipinski definition) is 2. The molecule has 0 atom stereocenters. The number of amides is 1. The first-order valence-corrected chi connectivity index (χ1v) is 9.09. The number of anilines is 2. The van der Waals surface area contributed by atoms with E-state index in [9.17, 15) is 18.0 Å². The predicted octanol–water partition coefficient (Wildman–Crippen LogP) is 4.94. The molecule has 0 radical (unpaired) electrons. The number of nitrogens with one attached hydrogen (secondary N) is 1. The van der Waals surface area contributed by atoms with Crippen molar-refractivity contribution < 1.29 is 18.0 Å². The van der Waals surface area contributed by atoms with Gasteiger partial charge in [-0.1, -0.05) is 24.3 Å². The topological polar surface area (TPSA) is 72.9 Å². The molecule has 4 rings (SSSR count). The van der Waals surface area contributed by atoms with E-state index in [0.29, 0.717) is 34.4 Å². The minimum Gasteiger partial charge on any atom is -0.397 e. The summed E-state index contributed by atoms with van der Waals surface area (Å²) in [5, 5.41) is 7.49. The van der Waals surface area contributed by atoms with Crippen molar-refractivity contribution in [2.24, 2.45) is 0 Å². The van der Waals surface area contributed by atoms with Crippen LogP contribution in [0.2, 0.25) is 0 Å². The Labute approximate surface area is 169 Å². The summed E-state index contributed by atoms with van der Waals surface area (Å²) < 4.78 is 40.2. The molecule has 8 heteroatoms. The van der Waals surface area contributed by atoms with Gasteiger partial charge in [0, 0.05) is 17.1 Å². The van der Waals surface area contributed by atoms with Crippen molar-refractivity contribution in [1.29, 1.82) is 0 Å². The Hall–Kier alpha value is -3.81. The number of nitrogens with two attached hydrogens (primary N) is 1. The average Bonchev–Trinajstić information content (AvgIpc) is 3.11. The number of nitrogen functional groups attached to an aromatic ring is 1. The van der Waals surface area contributed by atoms with E-state index in [0.717, 1.165) is 17.7 Å². The summed E-state index contributed by atoms with van der Waals surface area (Å²) in [4.78, 5) is 12.4. The van der Waals surface area contributed by atoms with Crippen LogP contribution in [0.1, 0.15) is 21.5 Å². The second kappa shape index (κ2) is 7.55. The van der Waals surface area contributed by atoms with Crippen LogP contribution in [-0.2, 0) is 12.7 Å². The lowest BCUT2D eigenvalue weighted by Crippen LogP contribution is -2.13. The fourth-order valence-electron chi connectivity index (χ4n) is 3.09. The van der Waals surface area contributed by atoms with Crippen LogP contribution in [0.4, 0.5) is 24.5 Å². The van der Waals surface area contributed by atoms with Gasteiger partial charge in [0.05, 0.1) is 29.0 Å². The monoisotopic (exact) mass is 410 g/mol. The molecular formula is C22H17F3N4O. The zero-order valence-electron chi connectivity index (χ0n) is 15.6. The van der Waals surface area contributed by atoms with E-state index in [2.05, 4.69) is 10.4 Å². The van der Waals surface area contributed by atoms with Gasteiger partial charge in [-0.15, -0.1) is 0 Å². The summed E-state index contributed by atoms with van der Waals surface area (Å²) in [6, 6.07) is 17.3. The molecule has 30 heavy (non-hydrogen) atoms. The number of nitrogens with zero attached hydrogens (tertiary/aromatic N) is 2. The van der Waals surface area contributed by atoms with E-state index in [-0.39, 0.29) is 5.91 Å². The lowest BCUT2D eigenvalue weighted by Gasteiger charge is -2.08. The highest BCUT2D eigenvalue weighted by Gasteiger charge is 2.30. The van der Waals surface area contributed by atoms with Crippen molar-refractivity contribution in [3.63, 3.8) is 0 Å². The molecule has 0 fully saturated rings. The minimum absolute atomic E-state index is 0.288. The Balaban J connectivity index is 1.48. The first-order valence-electron chi connectivity index (χ1n) is 9.09. The van der Waals surface area contributed by atoms with Crippen molar-refractivity contribution in [1.82, 2.24) is 9.78 Å². The standard InChI is InChI=1S/C22H17F3N4O/c23-22(24,25)17-9-10-19-16(11-17)13-29(28-19)12-14-5-7-15(8-6-14)21(30)27-20-4-2-1-3-18(20)26/h1-11,13H,12,26H2,(H,27,30). The van der Waals surface area contributed by atoms with E-state index < -0.39 is 11.7 Å². The summed E-state index contributed by atoms with van der Waals surface area (Å²) in [5.41, 5.74) is 7.94. The van der Waals surface area contributed by atoms with Crippen molar-refractivity contribution >= 4 is 28.2 Å². The molecule has 4 aromatic rings. The number of carbonyl (C=O) groups excluding carboxylic acids is 1. The number of benzene rings is 3. The molecule has 1 amide bonds. The molecule has 5 nitrogen and oxygen atoms in total. The molecule has 152 valence electrons. The fraction of sp³-hybridized carbons (Fsp3) is 0.0909. The van der Waals surface area contributed by atoms with Crippen LogP contribution in [0.5, 0.6) is 0 Å². The van der Waals surface area contributed by atoms with Gasteiger partial charge in [-0.05, 0) is 48.0 Å². The quantitative estimate of drug-likeness (QED) is 0.468. The third kappa shape index (κ3) is 4.12. The molecule has 0 aliphatic carbocycles. The van der Waals surface area contributed by atoms with Gasteiger partial charge in [0.25, 0.3) is 5.91 Å². The Bertz CT molecular complexity index is 1210. The van der Waals surface area contributed by atoms with Crippen LogP contribution >= 0.6 is 0 Å². The first kappa shape index (κ1) is 19.5. The summed E-state index contributed by atoms with van der Waals surface area (Å²) >= 11 is 0. The maximum atomic E-state index is 12.9. The summed E-state index contributed by atoms with van der Waals surface area (Å²) in [6.07, 6.45) is -2.82. The predicted molar refractivity (Wildman–Crippen MR) is 109 cm³/mol. The second-order valence-corrected chi connectivity index (χ2v) is 6.84. The van der Waals surface area contributed by atoms with Gasteiger partial charge >= 0.3 is 6.18 Å². The van der Waals surface area contributed by atoms with Crippen LogP contribution in [0.15, 0.2) is 72.9 Å². The molecule has 0 spiro atoms. The molecule has 1 heterocycles. The van der Waals surface area contributed by atoms with E-state index in [1.165, 1.54) is 6.07 Å². The molecule has 3 aromatic carbocycles. The van der Waals surface area contributed by atoms with Crippen LogP contribution in [0.3, 0.4) is 0 Å². The van der Waals surface area contributed by atoms with Gasteiger partial charge in [-0.25, -0.2) is 0 Å². The Morgan fingerprint density at radius 2 is 1.77 bits per heavy atom. The van der Waals surface area contributed by atoms with E-state index in [4.69, 9.17) is 5.73 Å². The third-order valence-electron chi connectivity index (χ3n) is 4.65. The van der Waals surface area contributed by atoms with Crippen LogP contribution in [-0.4, -0.2) is 15.7 Å². The number of aromatic nitrogens is 2. The van der Waals surface area contributed by atoms with Gasteiger partial charge in [-0.3, -0.25) is 9.48 Å². The molecule has 0 aliphatic heterocycles. The maximum Gasteiger partial charge on any atom is 0.416 e. The highest BCUT2D eigenvalue weighted by atomic mass is 19.4. The largest absolute Gasteiger partial charge is 0.416 e. The minimum atomic E-state index is -4.39. The molecule has 3 N–H and O–H groups in total. The van der Waals surface area contributed by atoms with Crippen LogP contribution in [0, 0.1) is 0 Å². The van der Waals surface area contributed by atoms with Crippen LogP contribution < -0.4 is 11.1 Å². The third-order valence-corrected chi connectivity index (χ3v) is 4.65.